The molecule has 7 nitrogen and oxygen atoms in total. The molecule has 0 bridgehead atoms. The third-order valence-electron chi connectivity index (χ3n) is 3.23. The molecule has 2 aromatic rings. The van der Waals surface area contributed by atoms with Gasteiger partial charge in [-0.1, -0.05) is 43.7 Å². The number of benzene rings is 1. The van der Waals surface area contributed by atoms with Crippen molar-refractivity contribution in [3.63, 3.8) is 0 Å². The molecule has 0 aliphatic heterocycles. The summed E-state index contributed by atoms with van der Waals surface area (Å²) >= 11 is 0. The number of hydrogen-bond donors (Lipinski definition) is 3. The number of aromatic nitrogens is 2. The van der Waals surface area contributed by atoms with Crippen molar-refractivity contribution >= 4 is 17.8 Å². The van der Waals surface area contributed by atoms with Crippen LogP contribution >= 0.6 is 0 Å². The number of hydrogen-bond acceptors (Lipinski definition) is 3. The van der Waals surface area contributed by atoms with Crippen LogP contribution in [0, 0.1) is 0 Å². The maximum Gasteiger partial charge on any atom is 0.341 e. The third-order valence-corrected chi connectivity index (χ3v) is 3.23. The van der Waals surface area contributed by atoms with Gasteiger partial charge in [-0.05, 0) is 12.0 Å². The van der Waals surface area contributed by atoms with Crippen LogP contribution in [-0.2, 0) is 6.54 Å². The van der Waals surface area contributed by atoms with Gasteiger partial charge in [0.05, 0.1) is 6.54 Å². The summed E-state index contributed by atoms with van der Waals surface area (Å²) in [5.41, 5.74) is 0.956. The number of anilines is 1. The first kappa shape index (κ1) is 16.5. The summed E-state index contributed by atoms with van der Waals surface area (Å²) in [7, 11) is 0. The molecule has 1 aromatic heterocycles. The van der Waals surface area contributed by atoms with E-state index in [2.05, 4.69) is 15.7 Å². The van der Waals surface area contributed by atoms with Crippen LogP contribution in [0.3, 0.4) is 0 Å². The van der Waals surface area contributed by atoms with Crippen molar-refractivity contribution in [3.8, 4) is 0 Å². The van der Waals surface area contributed by atoms with Gasteiger partial charge in [0, 0.05) is 12.7 Å². The molecule has 7 heteroatoms. The van der Waals surface area contributed by atoms with E-state index >= 15 is 0 Å². The van der Waals surface area contributed by atoms with Gasteiger partial charge >= 0.3 is 12.0 Å². The molecule has 0 radical (unpaired) electrons. The van der Waals surface area contributed by atoms with Gasteiger partial charge < -0.3 is 10.4 Å². The number of carbonyl (C=O) groups is 2. The summed E-state index contributed by atoms with van der Waals surface area (Å²) in [6.07, 6.45) is 3.24. The molecule has 122 valence electrons. The number of rotatable bonds is 7. The van der Waals surface area contributed by atoms with Crippen molar-refractivity contribution in [1.29, 1.82) is 0 Å². The Morgan fingerprint density at radius 3 is 2.65 bits per heavy atom. The van der Waals surface area contributed by atoms with E-state index in [9.17, 15) is 14.7 Å². The van der Waals surface area contributed by atoms with Crippen LogP contribution in [0.5, 0.6) is 0 Å². The Hall–Kier alpha value is -2.83. The number of carbonyl (C=O) groups excluding carboxylic acids is 1. The molecule has 0 fully saturated rings. The third kappa shape index (κ3) is 4.84. The predicted octanol–water partition coefficient (Wildman–Crippen LogP) is 2.55. The zero-order chi connectivity index (χ0) is 16.7. The molecule has 0 saturated heterocycles. The van der Waals surface area contributed by atoms with Crippen LogP contribution in [0.15, 0.2) is 36.5 Å². The van der Waals surface area contributed by atoms with Crippen LogP contribution in [0.1, 0.15) is 35.7 Å². The standard InChI is InChI=1S/C16H20N4O3/c1-2-3-9-17-16(23)18-14-13(15(21)22)11-20(19-14)10-12-7-5-4-6-8-12/h4-8,11H,2-3,9-10H2,1H3,(H,21,22)(H2,17,18,19,23). The van der Waals surface area contributed by atoms with E-state index < -0.39 is 12.0 Å². The van der Waals surface area contributed by atoms with Gasteiger partial charge in [-0.15, -0.1) is 0 Å². The summed E-state index contributed by atoms with van der Waals surface area (Å²) in [6.45, 7) is 2.99. The molecule has 1 aromatic carbocycles. The summed E-state index contributed by atoms with van der Waals surface area (Å²) < 4.78 is 1.50. The highest BCUT2D eigenvalue weighted by Gasteiger charge is 2.17. The van der Waals surface area contributed by atoms with Gasteiger partial charge in [-0.25, -0.2) is 9.59 Å². The minimum Gasteiger partial charge on any atom is -0.477 e. The lowest BCUT2D eigenvalue weighted by atomic mass is 10.2. The number of urea groups is 1. The SMILES string of the molecule is CCCCNC(=O)Nc1nn(Cc2ccccc2)cc1C(=O)O. The lowest BCUT2D eigenvalue weighted by Gasteiger charge is -2.05. The van der Waals surface area contributed by atoms with Gasteiger partial charge in [-0.3, -0.25) is 10.00 Å². The van der Waals surface area contributed by atoms with Gasteiger partial charge in [-0.2, -0.15) is 5.10 Å². The molecule has 3 N–H and O–H groups in total. The van der Waals surface area contributed by atoms with Gasteiger partial charge in [0.15, 0.2) is 5.82 Å². The predicted molar refractivity (Wildman–Crippen MR) is 86.7 cm³/mol. The van der Waals surface area contributed by atoms with Crippen molar-refractivity contribution in [2.75, 3.05) is 11.9 Å². The summed E-state index contributed by atoms with van der Waals surface area (Å²) in [5.74, 6) is -1.09. The molecular weight excluding hydrogens is 296 g/mol. The van der Waals surface area contributed by atoms with E-state index in [0.717, 1.165) is 18.4 Å². The maximum atomic E-state index is 11.8. The topological polar surface area (TPSA) is 96.3 Å². The molecule has 2 rings (SSSR count). The monoisotopic (exact) mass is 316 g/mol. The summed E-state index contributed by atoms with van der Waals surface area (Å²) in [5, 5.41) is 18.6. The van der Waals surface area contributed by atoms with Crippen LogP contribution in [0.25, 0.3) is 0 Å². The van der Waals surface area contributed by atoms with E-state index in [-0.39, 0.29) is 11.4 Å². The zero-order valence-corrected chi connectivity index (χ0v) is 13.0. The molecule has 23 heavy (non-hydrogen) atoms. The Bertz CT molecular complexity index is 667. The van der Waals surface area contributed by atoms with Gasteiger partial charge in [0.1, 0.15) is 5.56 Å². The number of unbranched alkanes of at least 4 members (excludes halogenated alkanes) is 1. The first-order valence-corrected chi connectivity index (χ1v) is 7.49. The molecule has 2 amide bonds. The molecule has 0 unspecified atom stereocenters. The van der Waals surface area contributed by atoms with E-state index in [0.29, 0.717) is 13.1 Å². The van der Waals surface area contributed by atoms with E-state index in [1.165, 1.54) is 10.9 Å². The van der Waals surface area contributed by atoms with Crippen molar-refractivity contribution < 1.29 is 14.7 Å². The number of aromatic carboxylic acids is 1. The fourth-order valence-electron chi connectivity index (χ4n) is 2.05. The second kappa shape index (κ2) is 7.98. The number of nitrogens with one attached hydrogen (secondary N) is 2. The fraction of sp³-hybridized carbons (Fsp3) is 0.312. The first-order chi connectivity index (χ1) is 11.1. The molecule has 0 aliphatic carbocycles. The largest absolute Gasteiger partial charge is 0.477 e. The lowest BCUT2D eigenvalue weighted by Crippen LogP contribution is -2.30. The lowest BCUT2D eigenvalue weighted by molar-refractivity contribution is 0.0698. The molecular formula is C16H20N4O3. The summed E-state index contributed by atoms with van der Waals surface area (Å²) in [6, 6.07) is 9.10. The van der Waals surface area contributed by atoms with Gasteiger partial charge in [0.2, 0.25) is 0 Å². The Morgan fingerprint density at radius 1 is 1.26 bits per heavy atom. The number of amides is 2. The molecule has 0 aliphatic rings. The number of carboxylic acid groups (broad SMARTS) is 1. The minimum atomic E-state index is -1.13. The normalized spacial score (nSPS) is 10.3. The highest BCUT2D eigenvalue weighted by molar-refractivity contribution is 5.98. The molecule has 1 heterocycles. The number of nitrogens with zero attached hydrogens (tertiary/aromatic N) is 2. The Balaban J connectivity index is 2.09. The molecule has 0 spiro atoms. The average Bonchev–Trinajstić information content (AvgIpc) is 2.91. The average molecular weight is 316 g/mol. The first-order valence-electron chi connectivity index (χ1n) is 7.49. The zero-order valence-electron chi connectivity index (χ0n) is 13.0. The molecule has 0 saturated carbocycles. The van der Waals surface area contributed by atoms with E-state index in [1.807, 2.05) is 37.3 Å². The highest BCUT2D eigenvalue weighted by Crippen LogP contribution is 2.14. The van der Waals surface area contributed by atoms with Crippen LogP contribution in [0.2, 0.25) is 0 Å². The second-order valence-electron chi connectivity index (χ2n) is 5.11. The van der Waals surface area contributed by atoms with Crippen molar-refractivity contribution in [2.45, 2.75) is 26.3 Å². The van der Waals surface area contributed by atoms with Crippen molar-refractivity contribution in [2.24, 2.45) is 0 Å². The van der Waals surface area contributed by atoms with Crippen molar-refractivity contribution in [3.05, 3.63) is 47.7 Å². The Labute approximate surface area is 134 Å². The quantitative estimate of drug-likeness (QED) is 0.684. The van der Waals surface area contributed by atoms with Gasteiger partial charge in [0.25, 0.3) is 0 Å². The highest BCUT2D eigenvalue weighted by atomic mass is 16.4. The minimum absolute atomic E-state index is 0.0356. The van der Waals surface area contributed by atoms with E-state index in [1.54, 1.807) is 0 Å². The van der Waals surface area contributed by atoms with E-state index in [4.69, 9.17) is 0 Å². The van der Waals surface area contributed by atoms with Crippen LogP contribution in [0.4, 0.5) is 10.6 Å². The maximum absolute atomic E-state index is 11.8. The fourth-order valence-corrected chi connectivity index (χ4v) is 2.05. The van der Waals surface area contributed by atoms with Crippen LogP contribution < -0.4 is 10.6 Å². The van der Waals surface area contributed by atoms with Crippen LogP contribution in [-0.4, -0.2) is 33.4 Å². The smallest absolute Gasteiger partial charge is 0.341 e. The Morgan fingerprint density at radius 2 is 2.00 bits per heavy atom. The van der Waals surface area contributed by atoms with Crippen molar-refractivity contribution in [1.82, 2.24) is 15.1 Å². The number of carboxylic acids is 1. The molecule has 0 atom stereocenters. The second-order valence-corrected chi connectivity index (χ2v) is 5.11. The Kier molecular flexibility index (Phi) is 5.74. The summed E-state index contributed by atoms with van der Waals surface area (Å²) in [4.78, 5) is 23.1.